The lowest BCUT2D eigenvalue weighted by atomic mass is 10.0. The van der Waals surface area contributed by atoms with E-state index in [0.29, 0.717) is 23.3 Å². The molecule has 2 aromatic rings. The summed E-state index contributed by atoms with van der Waals surface area (Å²) in [5.74, 6) is 0.652. The lowest BCUT2D eigenvalue weighted by molar-refractivity contribution is -0.775. The van der Waals surface area contributed by atoms with Gasteiger partial charge in [0.2, 0.25) is 12.1 Å². The first-order chi connectivity index (χ1) is 13.2. The standard InChI is InChI=1S/C20H26N6O/c21-10-19-18(22)9-15(11-23-19)16-12-24-26(13-16)17-5-7-25(8-6-17)20(27)14-3-1-2-4-14/h9-14,17H,1-8H2,(H3,21,22)/p+2. The number of nitrogens with two attached hydrogens (primary N) is 2. The van der Waals surface area contributed by atoms with E-state index in [1.165, 1.54) is 19.1 Å². The summed E-state index contributed by atoms with van der Waals surface area (Å²) >= 11 is 0. The van der Waals surface area contributed by atoms with Crippen LogP contribution in [-0.4, -0.2) is 40.2 Å². The van der Waals surface area contributed by atoms with Crippen LogP contribution in [0.4, 0.5) is 5.69 Å². The van der Waals surface area contributed by atoms with E-state index in [1.807, 2.05) is 12.3 Å². The molecule has 2 aromatic heterocycles. The number of aromatic nitrogens is 3. The van der Waals surface area contributed by atoms with Gasteiger partial charge in [0.05, 0.1) is 17.4 Å². The van der Waals surface area contributed by atoms with Crippen molar-refractivity contribution in [3.8, 4) is 11.1 Å². The molecule has 7 heteroatoms. The molecule has 1 saturated heterocycles. The van der Waals surface area contributed by atoms with Crippen molar-refractivity contribution in [3.05, 3.63) is 30.4 Å². The van der Waals surface area contributed by atoms with Gasteiger partial charge in [-0.2, -0.15) is 5.10 Å². The molecular weight excluding hydrogens is 340 g/mol. The number of aromatic amines is 1. The molecule has 0 radical (unpaired) electrons. The molecule has 0 atom stereocenters. The lowest BCUT2D eigenvalue weighted by Gasteiger charge is -2.30. The highest BCUT2D eigenvalue weighted by molar-refractivity contribution is 5.82. The molecule has 7 nitrogen and oxygen atoms in total. The summed E-state index contributed by atoms with van der Waals surface area (Å²) in [7, 11) is 0. The Morgan fingerprint density at radius 1 is 1.26 bits per heavy atom. The molecule has 2 aliphatic rings. The van der Waals surface area contributed by atoms with Crippen LogP contribution in [0.5, 0.6) is 0 Å². The zero-order valence-corrected chi connectivity index (χ0v) is 15.6. The van der Waals surface area contributed by atoms with Crippen LogP contribution < -0.4 is 15.8 Å². The number of pyridine rings is 1. The molecule has 0 bridgehead atoms. The summed E-state index contributed by atoms with van der Waals surface area (Å²) in [6.07, 6.45) is 13.8. The van der Waals surface area contributed by atoms with E-state index in [4.69, 9.17) is 11.1 Å². The molecule has 3 heterocycles. The third kappa shape index (κ3) is 3.59. The van der Waals surface area contributed by atoms with Gasteiger partial charge in [-0.15, -0.1) is 4.68 Å². The SMILES string of the molecule is Nc1cc(-c2c[nH][n+](C3CCN(C(=O)C4CCCC4)CC3)c2)cnc1C=[NH2+]. The summed E-state index contributed by atoms with van der Waals surface area (Å²) < 4.78 is 2.14. The van der Waals surface area contributed by atoms with E-state index in [2.05, 4.69) is 25.9 Å². The molecule has 2 fully saturated rings. The number of piperidine rings is 1. The van der Waals surface area contributed by atoms with Gasteiger partial charge < -0.3 is 10.6 Å². The second-order valence-electron chi connectivity index (χ2n) is 7.67. The van der Waals surface area contributed by atoms with Gasteiger partial charge >= 0.3 is 0 Å². The molecular formula is C20H28N6O+2. The number of likely N-dealkylation sites (tertiary alicyclic amines) is 1. The van der Waals surface area contributed by atoms with Crippen LogP contribution in [-0.2, 0) is 4.79 Å². The normalized spacial score (nSPS) is 18.7. The maximum absolute atomic E-state index is 12.6. The van der Waals surface area contributed by atoms with E-state index in [0.717, 1.165) is 49.9 Å². The van der Waals surface area contributed by atoms with Crippen LogP contribution in [0.25, 0.3) is 11.1 Å². The van der Waals surface area contributed by atoms with E-state index in [1.54, 1.807) is 6.20 Å². The van der Waals surface area contributed by atoms with E-state index in [-0.39, 0.29) is 5.92 Å². The first-order valence-corrected chi connectivity index (χ1v) is 9.85. The topological polar surface area (TPSA) is 104 Å². The number of nitrogens with zero attached hydrogens (tertiary/aromatic N) is 3. The zero-order valence-electron chi connectivity index (χ0n) is 15.6. The van der Waals surface area contributed by atoms with E-state index < -0.39 is 0 Å². The average Bonchev–Trinajstić information content (AvgIpc) is 3.40. The Kier molecular flexibility index (Phi) is 4.92. The maximum atomic E-state index is 12.6. The number of carbonyl (C=O) groups is 1. The molecule has 0 aromatic carbocycles. The molecule has 0 spiro atoms. The number of hydrogen-bond donors (Lipinski definition) is 3. The van der Waals surface area contributed by atoms with Crippen molar-refractivity contribution in [2.45, 2.75) is 44.6 Å². The van der Waals surface area contributed by atoms with Crippen molar-refractivity contribution in [3.63, 3.8) is 0 Å². The van der Waals surface area contributed by atoms with Gasteiger partial charge in [-0.25, -0.2) is 4.98 Å². The zero-order chi connectivity index (χ0) is 18.8. The number of carbonyl (C=O) groups excluding carboxylic acids is 1. The molecule has 142 valence electrons. The summed E-state index contributed by atoms with van der Waals surface area (Å²) in [6.45, 7) is 1.69. The Balaban J connectivity index is 1.40. The smallest absolute Gasteiger partial charge is 0.225 e. The summed E-state index contributed by atoms with van der Waals surface area (Å²) in [6, 6.07) is 2.27. The minimum Gasteiger partial charge on any atom is -0.397 e. The van der Waals surface area contributed by atoms with Crippen LogP contribution in [0.3, 0.4) is 0 Å². The molecule has 0 unspecified atom stereocenters. The van der Waals surface area contributed by atoms with Gasteiger partial charge in [-0.05, 0) is 18.9 Å². The average molecular weight is 368 g/mol. The molecule has 1 amide bonds. The first kappa shape index (κ1) is 17.7. The highest BCUT2D eigenvalue weighted by Gasteiger charge is 2.33. The van der Waals surface area contributed by atoms with Gasteiger partial charge in [0, 0.05) is 43.6 Å². The fourth-order valence-corrected chi connectivity index (χ4v) is 4.32. The van der Waals surface area contributed by atoms with Gasteiger partial charge in [-0.3, -0.25) is 10.2 Å². The molecule has 1 aliphatic carbocycles. The van der Waals surface area contributed by atoms with E-state index in [9.17, 15) is 4.79 Å². The Bertz CT molecular complexity index is 831. The molecule has 1 saturated carbocycles. The maximum Gasteiger partial charge on any atom is 0.225 e. The Morgan fingerprint density at radius 2 is 2.00 bits per heavy atom. The quantitative estimate of drug-likeness (QED) is 0.540. The molecule has 5 N–H and O–H groups in total. The Labute approximate surface area is 159 Å². The molecule has 4 rings (SSSR count). The second kappa shape index (κ2) is 7.50. The van der Waals surface area contributed by atoms with Crippen molar-refractivity contribution in [2.75, 3.05) is 18.8 Å². The molecule has 27 heavy (non-hydrogen) atoms. The highest BCUT2D eigenvalue weighted by atomic mass is 16.2. The second-order valence-corrected chi connectivity index (χ2v) is 7.67. The van der Waals surface area contributed by atoms with Gasteiger partial charge in [0.15, 0.2) is 12.3 Å². The van der Waals surface area contributed by atoms with Crippen molar-refractivity contribution in [2.24, 2.45) is 5.92 Å². The van der Waals surface area contributed by atoms with Crippen molar-refractivity contribution >= 4 is 17.8 Å². The highest BCUT2D eigenvalue weighted by Crippen LogP contribution is 2.29. The Hall–Kier alpha value is -2.70. The lowest BCUT2D eigenvalue weighted by Crippen LogP contribution is -2.49. The minimum atomic E-state index is 0.276. The van der Waals surface area contributed by atoms with Crippen LogP contribution >= 0.6 is 0 Å². The number of rotatable bonds is 4. The van der Waals surface area contributed by atoms with Crippen LogP contribution in [0.1, 0.15) is 50.3 Å². The number of nitrogens with one attached hydrogen (secondary N) is 1. The van der Waals surface area contributed by atoms with Crippen molar-refractivity contribution < 1.29 is 14.9 Å². The number of hydrogen-bond acceptors (Lipinski definition) is 3. The number of nitrogen functional groups attached to an aromatic ring is 1. The van der Waals surface area contributed by atoms with Gasteiger partial charge in [-0.1, -0.05) is 12.8 Å². The third-order valence-corrected chi connectivity index (χ3v) is 5.96. The third-order valence-electron chi connectivity index (χ3n) is 5.96. The van der Waals surface area contributed by atoms with E-state index >= 15 is 0 Å². The van der Waals surface area contributed by atoms with Crippen LogP contribution in [0.2, 0.25) is 0 Å². The fourth-order valence-electron chi connectivity index (χ4n) is 4.32. The monoisotopic (exact) mass is 368 g/mol. The predicted molar refractivity (Wildman–Crippen MR) is 103 cm³/mol. The number of anilines is 1. The first-order valence-electron chi connectivity index (χ1n) is 9.85. The molecule has 1 aliphatic heterocycles. The summed E-state index contributed by atoms with van der Waals surface area (Å²) in [5.41, 5.74) is 9.16. The van der Waals surface area contributed by atoms with Crippen molar-refractivity contribution in [1.82, 2.24) is 15.0 Å². The summed E-state index contributed by atoms with van der Waals surface area (Å²) in [5, 5.41) is 8.84. The fraction of sp³-hybridized carbons (Fsp3) is 0.500. The van der Waals surface area contributed by atoms with Gasteiger partial charge in [0.1, 0.15) is 5.69 Å². The largest absolute Gasteiger partial charge is 0.397 e. The summed E-state index contributed by atoms with van der Waals surface area (Å²) in [4.78, 5) is 19.0. The Morgan fingerprint density at radius 3 is 2.67 bits per heavy atom. The van der Waals surface area contributed by atoms with Crippen molar-refractivity contribution in [1.29, 1.82) is 0 Å². The van der Waals surface area contributed by atoms with Crippen LogP contribution in [0.15, 0.2) is 24.7 Å². The number of H-pyrrole nitrogens is 1. The number of amides is 1. The van der Waals surface area contributed by atoms with Crippen LogP contribution in [0, 0.1) is 5.92 Å². The predicted octanol–water partition coefficient (Wildman–Crippen LogP) is 0.478. The minimum absolute atomic E-state index is 0.276. The van der Waals surface area contributed by atoms with Gasteiger partial charge in [0.25, 0.3) is 0 Å².